The molecule has 4 heteroatoms. The first kappa shape index (κ1) is 11.9. The molecule has 2 N–H and O–H groups in total. The minimum atomic E-state index is -1.09. The van der Waals surface area contributed by atoms with E-state index >= 15 is 0 Å². The number of hydrogen-bond acceptors (Lipinski definition) is 2. The van der Waals surface area contributed by atoms with Gasteiger partial charge in [-0.15, -0.1) is 0 Å². The van der Waals surface area contributed by atoms with Crippen LogP contribution in [0.4, 0.5) is 10.5 Å². The predicted octanol–water partition coefficient (Wildman–Crippen LogP) is 3.26. The van der Waals surface area contributed by atoms with Crippen LogP contribution in [0.25, 0.3) is 11.1 Å². The van der Waals surface area contributed by atoms with Crippen molar-refractivity contribution < 1.29 is 14.7 Å². The molecule has 0 radical (unpaired) electrons. The topological polar surface area (TPSA) is 66.4 Å². The average Bonchev–Trinajstić information content (AvgIpc) is 2.38. The van der Waals surface area contributed by atoms with E-state index in [9.17, 15) is 9.59 Å². The van der Waals surface area contributed by atoms with Gasteiger partial charge in [-0.1, -0.05) is 36.4 Å². The first-order valence-electron chi connectivity index (χ1n) is 5.34. The highest BCUT2D eigenvalue weighted by Crippen LogP contribution is 2.22. The summed E-state index contributed by atoms with van der Waals surface area (Å²) >= 11 is 0. The van der Waals surface area contributed by atoms with Crippen LogP contribution in [0.3, 0.4) is 0 Å². The molecule has 2 aromatic carbocycles. The predicted molar refractivity (Wildman–Crippen MR) is 68.9 cm³/mol. The van der Waals surface area contributed by atoms with Gasteiger partial charge in [0.25, 0.3) is 0 Å². The van der Waals surface area contributed by atoms with E-state index in [1.807, 2.05) is 18.2 Å². The van der Waals surface area contributed by atoms with Gasteiger partial charge in [0.05, 0.1) is 0 Å². The Morgan fingerprint density at radius 2 is 1.78 bits per heavy atom. The largest absolute Gasteiger partial charge is 0.465 e. The van der Waals surface area contributed by atoms with Crippen LogP contribution in [0.2, 0.25) is 0 Å². The summed E-state index contributed by atoms with van der Waals surface area (Å²) in [5.74, 6) is 0. The standard InChI is InChI=1S/C14H11NO3/c16-9-10-4-6-11(7-5-10)12-2-1-3-13(8-12)15-14(17)18/h1-9,15H,(H,17,18). The summed E-state index contributed by atoms with van der Waals surface area (Å²) in [4.78, 5) is 21.1. The number of nitrogens with one attached hydrogen (secondary N) is 1. The smallest absolute Gasteiger partial charge is 0.409 e. The lowest BCUT2D eigenvalue weighted by atomic mass is 10.0. The lowest BCUT2D eigenvalue weighted by Gasteiger charge is -2.05. The molecule has 0 spiro atoms. The lowest BCUT2D eigenvalue weighted by Crippen LogP contribution is -2.06. The second-order valence-electron chi connectivity index (χ2n) is 3.75. The van der Waals surface area contributed by atoms with E-state index in [4.69, 9.17) is 5.11 Å². The van der Waals surface area contributed by atoms with Crippen LogP contribution in [0.5, 0.6) is 0 Å². The third-order valence-electron chi connectivity index (χ3n) is 2.49. The number of carbonyl (C=O) groups excluding carboxylic acids is 1. The Morgan fingerprint density at radius 1 is 1.06 bits per heavy atom. The molecular weight excluding hydrogens is 230 g/mol. The van der Waals surface area contributed by atoms with Crippen LogP contribution in [0, 0.1) is 0 Å². The number of aldehydes is 1. The zero-order valence-electron chi connectivity index (χ0n) is 9.46. The fourth-order valence-electron chi connectivity index (χ4n) is 1.65. The van der Waals surface area contributed by atoms with Crippen molar-refractivity contribution in [1.29, 1.82) is 0 Å². The number of anilines is 1. The van der Waals surface area contributed by atoms with E-state index in [0.717, 1.165) is 17.4 Å². The molecule has 2 aromatic rings. The Labute approximate surface area is 104 Å². The Bertz CT molecular complexity index is 576. The Hall–Kier alpha value is -2.62. The normalized spacial score (nSPS) is 9.78. The number of carbonyl (C=O) groups is 2. The van der Waals surface area contributed by atoms with E-state index in [-0.39, 0.29) is 0 Å². The fourth-order valence-corrected chi connectivity index (χ4v) is 1.65. The van der Waals surface area contributed by atoms with Crippen LogP contribution in [-0.2, 0) is 0 Å². The molecule has 0 unspecified atom stereocenters. The molecular formula is C14H11NO3. The third-order valence-corrected chi connectivity index (χ3v) is 2.49. The van der Waals surface area contributed by atoms with Gasteiger partial charge in [-0.2, -0.15) is 0 Å². The molecule has 0 saturated carbocycles. The first-order valence-corrected chi connectivity index (χ1v) is 5.34. The summed E-state index contributed by atoms with van der Waals surface area (Å²) in [6.07, 6.45) is -0.310. The molecule has 0 aliphatic heterocycles. The average molecular weight is 241 g/mol. The molecule has 0 atom stereocenters. The van der Waals surface area contributed by atoms with Crippen molar-refractivity contribution >= 4 is 18.1 Å². The number of hydrogen-bond donors (Lipinski definition) is 2. The minimum absolute atomic E-state index is 0.513. The van der Waals surface area contributed by atoms with Crippen molar-refractivity contribution in [2.45, 2.75) is 0 Å². The number of carboxylic acid groups (broad SMARTS) is 1. The number of amides is 1. The van der Waals surface area contributed by atoms with Crippen molar-refractivity contribution in [3.05, 3.63) is 54.1 Å². The number of benzene rings is 2. The number of rotatable bonds is 3. The summed E-state index contributed by atoms with van der Waals surface area (Å²) in [5.41, 5.74) is 2.94. The first-order chi connectivity index (χ1) is 8.69. The molecule has 0 aromatic heterocycles. The molecule has 0 aliphatic rings. The van der Waals surface area contributed by atoms with E-state index in [1.165, 1.54) is 0 Å². The summed E-state index contributed by atoms with van der Waals surface area (Å²) < 4.78 is 0. The van der Waals surface area contributed by atoms with Gasteiger partial charge >= 0.3 is 6.09 Å². The summed E-state index contributed by atoms with van der Waals surface area (Å²) in [7, 11) is 0. The van der Waals surface area contributed by atoms with Crippen LogP contribution in [0.1, 0.15) is 10.4 Å². The lowest BCUT2D eigenvalue weighted by molar-refractivity contribution is 0.112. The molecule has 0 saturated heterocycles. The van der Waals surface area contributed by atoms with Crippen molar-refractivity contribution in [2.24, 2.45) is 0 Å². The monoisotopic (exact) mass is 241 g/mol. The van der Waals surface area contributed by atoms with Gasteiger partial charge in [0.1, 0.15) is 6.29 Å². The third kappa shape index (κ3) is 2.74. The SMILES string of the molecule is O=Cc1ccc(-c2cccc(NC(=O)O)c2)cc1. The van der Waals surface area contributed by atoms with Gasteiger partial charge < -0.3 is 5.11 Å². The van der Waals surface area contributed by atoms with Crippen molar-refractivity contribution in [2.75, 3.05) is 5.32 Å². The Morgan fingerprint density at radius 3 is 2.39 bits per heavy atom. The zero-order valence-corrected chi connectivity index (χ0v) is 9.46. The maximum atomic E-state index is 10.6. The molecule has 2 rings (SSSR count). The molecule has 0 aliphatic carbocycles. The van der Waals surface area contributed by atoms with Gasteiger partial charge in [-0.25, -0.2) is 4.79 Å². The molecule has 18 heavy (non-hydrogen) atoms. The highest BCUT2D eigenvalue weighted by molar-refractivity contribution is 5.84. The van der Waals surface area contributed by atoms with Crippen molar-refractivity contribution in [3.8, 4) is 11.1 Å². The van der Waals surface area contributed by atoms with Crippen LogP contribution < -0.4 is 5.32 Å². The Balaban J connectivity index is 2.31. The van der Waals surface area contributed by atoms with Gasteiger partial charge in [-0.05, 0) is 23.3 Å². The van der Waals surface area contributed by atoms with E-state index in [0.29, 0.717) is 11.3 Å². The highest BCUT2D eigenvalue weighted by atomic mass is 16.4. The van der Waals surface area contributed by atoms with Gasteiger partial charge in [-0.3, -0.25) is 10.1 Å². The molecule has 0 bridgehead atoms. The van der Waals surface area contributed by atoms with Gasteiger partial charge in [0, 0.05) is 11.3 Å². The van der Waals surface area contributed by atoms with E-state index in [2.05, 4.69) is 5.32 Å². The quantitative estimate of drug-likeness (QED) is 0.810. The van der Waals surface area contributed by atoms with Crippen LogP contribution in [0.15, 0.2) is 48.5 Å². The van der Waals surface area contributed by atoms with E-state index < -0.39 is 6.09 Å². The van der Waals surface area contributed by atoms with Crippen LogP contribution >= 0.6 is 0 Å². The van der Waals surface area contributed by atoms with Gasteiger partial charge in [0.2, 0.25) is 0 Å². The van der Waals surface area contributed by atoms with Gasteiger partial charge in [0.15, 0.2) is 0 Å². The maximum Gasteiger partial charge on any atom is 0.409 e. The zero-order chi connectivity index (χ0) is 13.0. The summed E-state index contributed by atoms with van der Waals surface area (Å²) in [6.45, 7) is 0. The van der Waals surface area contributed by atoms with E-state index in [1.54, 1.807) is 30.3 Å². The second kappa shape index (κ2) is 5.14. The summed E-state index contributed by atoms with van der Waals surface area (Å²) in [5, 5.41) is 10.9. The van der Waals surface area contributed by atoms with Crippen molar-refractivity contribution in [3.63, 3.8) is 0 Å². The molecule has 0 fully saturated rings. The maximum absolute atomic E-state index is 10.6. The summed E-state index contributed by atoms with van der Waals surface area (Å²) in [6, 6.07) is 14.2. The molecule has 4 nitrogen and oxygen atoms in total. The van der Waals surface area contributed by atoms with Crippen molar-refractivity contribution in [1.82, 2.24) is 0 Å². The minimum Gasteiger partial charge on any atom is -0.465 e. The molecule has 90 valence electrons. The Kier molecular flexibility index (Phi) is 3.38. The molecule has 1 amide bonds. The highest BCUT2D eigenvalue weighted by Gasteiger charge is 2.01. The fraction of sp³-hybridized carbons (Fsp3) is 0. The second-order valence-corrected chi connectivity index (χ2v) is 3.75. The van der Waals surface area contributed by atoms with Crippen LogP contribution in [-0.4, -0.2) is 17.5 Å². The molecule has 0 heterocycles.